The number of carbonyl (C=O) groups excluding carboxylic acids is 2. The van der Waals surface area contributed by atoms with Gasteiger partial charge in [0.25, 0.3) is 11.5 Å². The first kappa shape index (κ1) is 34.7. The minimum atomic E-state index is -0.868. The van der Waals surface area contributed by atoms with Gasteiger partial charge in [0.2, 0.25) is 0 Å². The lowest BCUT2D eigenvalue weighted by molar-refractivity contribution is -0.139. The number of hydrogen-bond donors (Lipinski definition) is 0. The van der Waals surface area contributed by atoms with E-state index in [2.05, 4.69) is 0 Å². The molecule has 1 fully saturated rings. The number of esters is 1. The number of ether oxygens (including phenoxy) is 6. The average molecular weight is 680 g/mol. The van der Waals surface area contributed by atoms with E-state index in [1.165, 1.54) is 23.0 Å². The molecule has 1 aromatic heterocycles. The lowest BCUT2D eigenvalue weighted by Crippen LogP contribution is -2.43. The van der Waals surface area contributed by atoms with Gasteiger partial charge >= 0.3 is 5.97 Å². The highest BCUT2D eigenvalue weighted by molar-refractivity contribution is 7.07. The maximum absolute atomic E-state index is 14.3. The van der Waals surface area contributed by atoms with E-state index in [0.717, 1.165) is 6.42 Å². The van der Waals surface area contributed by atoms with E-state index in [-0.39, 0.29) is 30.3 Å². The number of morpholine rings is 1. The Bertz CT molecular complexity index is 1860. The molecule has 3 aromatic rings. The lowest BCUT2D eigenvalue weighted by atomic mass is 9.93. The summed E-state index contributed by atoms with van der Waals surface area (Å²) >= 11 is 1.23. The number of benzene rings is 2. The number of thiazole rings is 1. The quantitative estimate of drug-likeness (QED) is 0.250. The van der Waals surface area contributed by atoms with Gasteiger partial charge in [-0.05, 0) is 62.2 Å². The van der Waals surface area contributed by atoms with E-state index >= 15 is 0 Å². The minimum Gasteiger partial charge on any atom is -0.497 e. The van der Waals surface area contributed by atoms with Crippen molar-refractivity contribution in [3.8, 4) is 23.0 Å². The molecule has 0 aliphatic carbocycles. The van der Waals surface area contributed by atoms with Gasteiger partial charge in [-0.25, -0.2) is 9.79 Å². The number of fused-ring (bicyclic) bond motifs is 1. The monoisotopic (exact) mass is 679 g/mol. The third-order valence-electron chi connectivity index (χ3n) is 7.90. The summed E-state index contributed by atoms with van der Waals surface area (Å²) in [5.41, 5.74) is 1.77. The molecule has 1 saturated heterocycles. The summed E-state index contributed by atoms with van der Waals surface area (Å²) in [5, 5.41) is 0. The van der Waals surface area contributed by atoms with E-state index in [0.29, 0.717) is 88.5 Å². The maximum Gasteiger partial charge on any atom is 0.338 e. The van der Waals surface area contributed by atoms with Gasteiger partial charge in [-0.2, -0.15) is 0 Å². The van der Waals surface area contributed by atoms with Crippen LogP contribution in [0.4, 0.5) is 0 Å². The van der Waals surface area contributed by atoms with E-state index in [1.807, 2.05) is 13.8 Å². The summed E-state index contributed by atoms with van der Waals surface area (Å²) < 4.78 is 35.7. The summed E-state index contributed by atoms with van der Waals surface area (Å²) in [7, 11) is 3.09. The molecule has 1 amide bonds. The highest BCUT2D eigenvalue weighted by atomic mass is 32.1. The van der Waals surface area contributed by atoms with Gasteiger partial charge < -0.3 is 33.3 Å². The molecule has 13 heteroatoms. The molecule has 0 unspecified atom stereocenters. The highest BCUT2D eigenvalue weighted by Crippen LogP contribution is 2.39. The Labute approximate surface area is 282 Å². The van der Waals surface area contributed by atoms with Crippen LogP contribution in [0.25, 0.3) is 6.08 Å². The smallest absolute Gasteiger partial charge is 0.338 e. The third kappa shape index (κ3) is 7.42. The summed E-state index contributed by atoms with van der Waals surface area (Å²) in [5.74, 6) is 1.23. The van der Waals surface area contributed by atoms with Crippen LogP contribution in [0.3, 0.4) is 0 Å². The zero-order valence-corrected chi connectivity index (χ0v) is 28.7. The fourth-order valence-corrected chi connectivity index (χ4v) is 6.69. The Morgan fingerprint density at radius 3 is 2.44 bits per heavy atom. The number of methoxy groups -OCH3 is 2. The molecule has 5 rings (SSSR count). The molecule has 0 bridgehead atoms. The SMILES string of the molecule is CCCC1=C(C(=O)OCC)[C@H](c2cc(OC)ccc2OC)n2c(s/c(=C\c3ccc(OCC(=O)N4CCOCC4)c(OCC)c3)c2=O)=N1. The second-order valence-electron chi connectivity index (χ2n) is 10.9. The van der Waals surface area contributed by atoms with Gasteiger partial charge in [0.05, 0.1) is 56.4 Å². The molecule has 0 spiro atoms. The molecule has 0 radical (unpaired) electrons. The number of rotatable bonds is 13. The van der Waals surface area contributed by atoms with E-state index in [9.17, 15) is 14.4 Å². The standard InChI is InChI=1S/C35H41N3O9S/c1-6-9-25-31(34(41)46-8-3)32(24-20-23(42-4)11-13-26(24)43-5)38-33(40)29(48-35(38)36-25)19-22-10-12-27(28(18-22)45-7-2)47-21-30(39)37-14-16-44-17-15-37/h10-13,18-20,32H,6-9,14-17,21H2,1-5H3/b29-19-/t32-/m0/s1. The van der Waals surface area contributed by atoms with Crippen LogP contribution < -0.4 is 33.8 Å². The van der Waals surface area contributed by atoms with Crippen molar-refractivity contribution in [2.75, 3.05) is 60.3 Å². The van der Waals surface area contributed by atoms with Crippen LogP contribution in [0.15, 0.2) is 57.5 Å². The number of allylic oxidation sites excluding steroid dienone is 1. The van der Waals surface area contributed by atoms with Gasteiger partial charge in [0, 0.05) is 18.7 Å². The van der Waals surface area contributed by atoms with Gasteiger partial charge in [-0.1, -0.05) is 30.7 Å². The predicted octanol–water partition coefficient (Wildman–Crippen LogP) is 3.23. The first-order valence-corrected chi connectivity index (χ1v) is 16.8. The summed E-state index contributed by atoms with van der Waals surface area (Å²) in [4.78, 5) is 47.5. The Morgan fingerprint density at radius 2 is 1.75 bits per heavy atom. The Hall–Kier alpha value is -4.62. The van der Waals surface area contributed by atoms with E-state index in [4.69, 9.17) is 33.4 Å². The van der Waals surface area contributed by atoms with E-state index in [1.54, 1.807) is 61.4 Å². The molecule has 48 heavy (non-hydrogen) atoms. The molecule has 2 aliphatic rings. The van der Waals surface area contributed by atoms with Crippen molar-refractivity contribution in [1.82, 2.24) is 9.47 Å². The fraction of sp³-hybridized carbons (Fsp3) is 0.429. The average Bonchev–Trinajstić information content (AvgIpc) is 3.41. The number of nitrogens with zero attached hydrogens (tertiary/aromatic N) is 3. The first-order valence-electron chi connectivity index (χ1n) is 16.0. The zero-order valence-electron chi connectivity index (χ0n) is 27.9. The van der Waals surface area contributed by atoms with Crippen LogP contribution in [0.2, 0.25) is 0 Å². The molecular formula is C35H41N3O9S. The van der Waals surface area contributed by atoms with Gasteiger partial charge in [0.1, 0.15) is 17.5 Å². The molecular weight excluding hydrogens is 638 g/mol. The van der Waals surface area contributed by atoms with E-state index < -0.39 is 12.0 Å². The van der Waals surface area contributed by atoms with Crippen molar-refractivity contribution in [1.29, 1.82) is 0 Å². The first-order chi connectivity index (χ1) is 23.3. The predicted molar refractivity (Wildman–Crippen MR) is 180 cm³/mol. The summed E-state index contributed by atoms with van der Waals surface area (Å²) in [6.07, 6.45) is 2.99. The molecule has 256 valence electrons. The van der Waals surface area contributed by atoms with Gasteiger partial charge in [0.15, 0.2) is 22.9 Å². The number of hydrogen-bond acceptors (Lipinski definition) is 11. The van der Waals surface area contributed by atoms with Crippen LogP contribution in [0, 0.1) is 0 Å². The minimum absolute atomic E-state index is 0.127. The van der Waals surface area contributed by atoms with Gasteiger partial charge in [-0.15, -0.1) is 0 Å². The lowest BCUT2D eigenvalue weighted by Gasteiger charge is -2.27. The molecule has 2 aliphatic heterocycles. The van der Waals surface area contributed by atoms with Crippen molar-refractivity contribution >= 4 is 29.3 Å². The molecule has 0 saturated carbocycles. The number of carbonyl (C=O) groups is 2. The Morgan fingerprint density at radius 1 is 0.979 bits per heavy atom. The topological polar surface area (TPSA) is 127 Å². The summed E-state index contributed by atoms with van der Waals surface area (Å²) in [6.45, 7) is 8.08. The van der Waals surface area contributed by atoms with Crippen LogP contribution in [-0.2, 0) is 19.1 Å². The molecule has 0 N–H and O–H groups in total. The van der Waals surface area contributed by atoms with Crippen molar-refractivity contribution in [2.24, 2.45) is 4.99 Å². The van der Waals surface area contributed by atoms with Gasteiger partial charge in [-0.3, -0.25) is 14.2 Å². The maximum atomic E-state index is 14.3. The van der Waals surface area contributed by atoms with Crippen LogP contribution in [0.5, 0.6) is 23.0 Å². The largest absolute Gasteiger partial charge is 0.497 e. The highest BCUT2D eigenvalue weighted by Gasteiger charge is 2.36. The van der Waals surface area contributed by atoms with Crippen molar-refractivity contribution in [3.63, 3.8) is 0 Å². The van der Waals surface area contributed by atoms with Crippen molar-refractivity contribution < 1.29 is 38.0 Å². The van der Waals surface area contributed by atoms with Crippen LogP contribution >= 0.6 is 11.3 Å². The number of amides is 1. The Kier molecular flexibility index (Phi) is 11.6. The fourth-order valence-electron chi connectivity index (χ4n) is 5.67. The third-order valence-corrected chi connectivity index (χ3v) is 8.89. The number of aromatic nitrogens is 1. The second-order valence-corrected chi connectivity index (χ2v) is 12.0. The molecule has 3 heterocycles. The second kappa shape index (κ2) is 16.0. The van der Waals surface area contributed by atoms with Crippen molar-refractivity contribution in [2.45, 2.75) is 39.7 Å². The molecule has 2 aromatic carbocycles. The molecule has 12 nitrogen and oxygen atoms in total. The van der Waals surface area contributed by atoms with Crippen LogP contribution in [-0.4, -0.2) is 81.7 Å². The molecule has 1 atom stereocenters. The van der Waals surface area contributed by atoms with Crippen LogP contribution in [0.1, 0.15) is 50.8 Å². The zero-order chi connectivity index (χ0) is 34.2. The Balaban J connectivity index is 1.59. The van der Waals surface area contributed by atoms with Crippen molar-refractivity contribution in [3.05, 3.63) is 78.5 Å². The summed E-state index contributed by atoms with van der Waals surface area (Å²) in [6, 6.07) is 9.70. The normalized spacial score (nSPS) is 16.2.